The Labute approximate surface area is 155 Å². The molecule has 0 radical (unpaired) electrons. The number of likely N-dealkylation sites (N-methyl/N-ethyl adjacent to an activating group) is 1. The molecular weight excluding hydrogens is 360 g/mol. The van der Waals surface area contributed by atoms with Gasteiger partial charge in [-0.25, -0.2) is 4.79 Å². The van der Waals surface area contributed by atoms with Crippen molar-refractivity contribution in [1.29, 1.82) is 0 Å². The quantitative estimate of drug-likeness (QED) is 0.437. The molecule has 1 atom stereocenters. The molecule has 26 heavy (non-hydrogen) atoms. The highest BCUT2D eigenvalue weighted by Crippen LogP contribution is 2.23. The zero-order chi connectivity index (χ0) is 19.3. The largest absolute Gasteiger partial charge is 0.449 e. The lowest BCUT2D eigenvalue weighted by molar-refractivity contribution is -0.384. The van der Waals surface area contributed by atoms with Crippen LogP contribution in [-0.4, -0.2) is 34.9 Å². The minimum Gasteiger partial charge on any atom is -0.449 e. The molecule has 0 fully saturated rings. The number of non-ortho nitro benzene ring substituents is 1. The van der Waals surface area contributed by atoms with Crippen LogP contribution < -0.4 is 0 Å². The van der Waals surface area contributed by atoms with E-state index in [4.69, 9.17) is 16.3 Å². The van der Waals surface area contributed by atoms with E-state index < -0.39 is 17.0 Å². The van der Waals surface area contributed by atoms with E-state index in [9.17, 15) is 19.7 Å². The van der Waals surface area contributed by atoms with E-state index in [1.807, 2.05) is 30.3 Å². The van der Waals surface area contributed by atoms with Gasteiger partial charge in [0, 0.05) is 25.7 Å². The van der Waals surface area contributed by atoms with Crippen LogP contribution in [0.25, 0.3) is 0 Å². The molecule has 2 aromatic rings. The first-order chi connectivity index (χ1) is 12.3. The summed E-state index contributed by atoms with van der Waals surface area (Å²) in [6.07, 6.45) is -1.03. The summed E-state index contributed by atoms with van der Waals surface area (Å²) in [6, 6.07) is 12.8. The minimum absolute atomic E-state index is 0.0392. The van der Waals surface area contributed by atoms with Crippen LogP contribution in [0.2, 0.25) is 5.02 Å². The van der Waals surface area contributed by atoms with Crippen LogP contribution in [0.5, 0.6) is 0 Å². The molecule has 8 heteroatoms. The van der Waals surface area contributed by atoms with E-state index in [1.54, 1.807) is 7.05 Å². The van der Waals surface area contributed by atoms with E-state index in [0.29, 0.717) is 6.54 Å². The van der Waals surface area contributed by atoms with Gasteiger partial charge in [-0.15, -0.1) is 0 Å². The Kier molecular flexibility index (Phi) is 6.30. The van der Waals surface area contributed by atoms with Crippen molar-refractivity contribution in [3.8, 4) is 0 Å². The molecule has 7 nitrogen and oxygen atoms in total. The van der Waals surface area contributed by atoms with Crippen molar-refractivity contribution in [2.24, 2.45) is 0 Å². The van der Waals surface area contributed by atoms with Gasteiger partial charge in [-0.3, -0.25) is 14.9 Å². The van der Waals surface area contributed by atoms with Gasteiger partial charge in [0.1, 0.15) is 0 Å². The number of nitrogens with zero attached hydrogens (tertiary/aromatic N) is 2. The van der Waals surface area contributed by atoms with Crippen LogP contribution in [0.3, 0.4) is 0 Å². The van der Waals surface area contributed by atoms with Crippen LogP contribution in [-0.2, 0) is 16.1 Å². The Balaban J connectivity index is 2.01. The molecule has 0 bridgehead atoms. The fourth-order valence-electron chi connectivity index (χ4n) is 2.30. The Bertz CT molecular complexity index is 826. The maximum absolute atomic E-state index is 12.4. The Morgan fingerprint density at radius 2 is 1.88 bits per heavy atom. The predicted octanol–water partition coefficient (Wildman–Crippen LogP) is 3.45. The number of amides is 1. The van der Waals surface area contributed by atoms with Crippen molar-refractivity contribution in [3.63, 3.8) is 0 Å². The van der Waals surface area contributed by atoms with Crippen LogP contribution in [0.4, 0.5) is 5.69 Å². The topological polar surface area (TPSA) is 89.7 Å². The number of nitro benzene ring substituents is 1. The van der Waals surface area contributed by atoms with Crippen LogP contribution >= 0.6 is 11.6 Å². The summed E-state index contributed by atoms with van der Waals surface area (Å²) in [5.41, 5.74) is 0.668. The summed E-state index contributed by atoms with van der Waals surface area (Å²) in [4.78, 5) is 36.1. The van der Waals surface area contributed by atoms with Crippen molar-refractivity contribution < 1.29 is 19.2 Å². The highest BCUT2D eigenvalue weighted by molar-refractivity contribution is 6.33. The number of esters is 1. The summed E-state index contributed by atoms with van der Waals surface area (Å²) in [5.74, 6) is -1.20. The molecule has 0 N–H and O–H groups in total. The number of benzene rings is 2. The molecule has 0 heterocycles. The van der Waals surface area contributed by atoms with Gasteiger partial charge in [-0.05, 0) is 18.6 Å². The second-order valence-electron chi connectivity index (χ2n) is 5.65. The first-order valence-electron chi connectivity index (χ1n) is 7.73. The Morgan fingerprint density at radius 3 is 2.46 bits per heavy atom. The molecule has 0 aliphatic heterocycles. The molecule has 0 saturated carbocycles. The SMILES string of the molecule is C[C@H](OC(=O)c1ccc([N+](=O)[O-])cc1Cl)C(=O)N(C)Cc1ccccc1. The van der Waals surface area contributed by atoms with Crippen molar-refractivity contribution in [2.75, 3.05) is 7.05 Å². The maximum Gasteiger partial charge on any atom is 0.340 e. The summed E-state index contributed by atoms with van der Waals surface area (Å²) in [6.45, 7) is 1.83. The lowest BCUT2D eigenvalue weighted by atomic mass is 10.2. The molecule has 0 aliphatic rings. The van der Waals surface area contributed by atoms with Gasteiger partial charge in [0.2, 0.25) is 0 Å². The first kappa shape index (κ1) is 19.4. The molecule has 0 saturated heterocycles. The summed E-state index contributed by atoms with van der Waals surface area (Å²) < 4.78 is 5.15. The number of carbonyl (C=O) groups is 2. The molecule has 0 aromatic heterocycles. The van der Waals surface area contributed by atoms with Gasteiger partial charge in [-0.2, -0.15) is 0 Å². The molecule has 136 valence electrons. The molecule has 0 unspecified atom stereocenters. The van der Waals surface area contributed by atoms with Gasteiger partial charge in [0.15, 0.2) is 6.10 Å². The Hall–Kier alpha value is -2.93. The normalized spacial score (nSPS) is 11.5. The monoisotopic (exact) mass is 376 g/mol. The number of ether oxygens (including phenoxy) is 1. The highest BCUT2D eigenvalue weighted by atomic mass is 35.5. The summed E-state index contributed by atoms with van der Waals surface area (Å²) >= 11 is 5.90. The van der Waals surface area contributed by atoms with E-state index in [0.717, 1.165) is 17.7 Å². The first-order valence-corrected chi connectivity index (χ1v) is 8.11. The van der Waals surface area contributed by atoms with Gasteiger partial charge < -0.3 is 9.64 Å². The standard InChI is InChI=1S/C18H17ClN2O5/c1-12(17(22)20(2)11-13-6-4-3-5-7-13)26-18(23)15-9-8-14(21(24)25)10-16(15)19/h3-10,12H,11H2,1-2H3/t12-/m0/s1. The predicted molar refractivity (Wildman–Crippen MR) is 95.9 cm³/mol. The molecule has 1 amide bonds. The number of carbonyl (C=O) groups excluding carboxylic acids is 2. The number of hydrogen-bond acceptors (Lipinski definition) is 5. The van der Waals surface area contributed by atoms with Gasteiger partial charge in [0.05, 0.1) is 15.5 Å². The average molecular weight is 377 g/mol. The summed E-state index contributed by atoms with van der Waals surface area (Å²) in [5, 5.41) is 10.6. The second kappa shape index (κ2) is 8.44. The maximum atomic E-state index is 12.4. The lowest BCUT2D eigenvalue weighted by Crippen LogP contribution is -2.37. The van der Waals surface area contributed by atoms with Crippen molar-refractivity contribution >= 4 is 29.2 Å². The van der Waals surface area contributed by atoms with Crippen LogP contribution in [0, 0.1) is 10.1 Å². The van der Waals surface area contributed by atoms with Gasteiger partial charge in [0.25, 0.3) is 11.6 Å². The van der Waals surface area contributed by atoms with E-state index in [2.05, 4.69) is 0 Å². The van der Waals surface area contributed by atoms with Crippen LogP contribution in [0.1, 0.15) is 22.8 Å². The zero-order valence-electron chi connectivity index (χ0n) is 14.2. The van der Waals surface area contributed by atoms with Gasteiger partial charge >= 0.3 is 5.97 Å². The van der Waals surface area contributed by atoms with E-state index in [1.165, 1.54) is 17.9 Å². The Morgan fingerprint density at radius 1 is 1.23 bits per heavy atom. The van der Waals surface area contributed by atoms with Crippen molar-refractivity contribution in [3.05, 3.63) is 74.8 Å². The van der Waals surface area contributed by atoms with Gasteiger partial charge in [-0.1, -0.05) is 41.9 Å². The molecule has 2 rings (SSSR count). The lowest BCUT2D eigenvalue weighted by Gasteiger charge is -2.21. The molecule has 2 aromatic carbocycles. The third kappa shape index (κ3) is 4.80. The van der Waals surface area contributed by atoms with Crippen molar-refractivity contribution in [2.45, 2.75) is 19.6 Å². The smallest absolute Gasteiger partial charge is 0.340 e. The molecule has 0 aliphatic carbocycles. The summed E-state index contributed by atoms with van der Waals surface area (Å²) in [7, 11) is 1.61. The number of rotatable bonds is 6. The average Bonchev–Trinajstić information content (AvgIpc) is 2.61. The van der Waals surface area contributed by atoms with E-state index >= 15 is 0 Å². The fraction of sp³-hybridized carbons (Fsp3) is 0.222. The molecule has 0 spiro atoms. The number of nitro groups is 1. The van der Waals surface area contributed by atoms with Crippen molar-refractivity contribution in [1.82, 2.24) is 4.90 Å². The number of hydrogen-bond donors (Lipinski definition) is 0. The van der Waals surface area contributed by atoms with Crippen LogP contribution in [0.15, 0.2) is 48.5 Å². The minimum atomic E-state index is -1.03. The number of halogens is 1. The third-order valence-corrected chi connectivity index (χ3v) is 3.97. The fourth-order valence-corrected chi connectivity index (χ4v) is 2.56. The van der Waals surface area contributed by atoms with E-state index in [-0.39, 0.29) is 22.2 Å². The zero-order valence-corrected chi connectivity index (χ0v) is 15.0. The molecular formula is C18H17ClN2O5. The second-order valence-corrected chi connectivity index (χ2v) is 6.06. The third-order valence-electron chi connectivity index (χ3n) is 3.65. The highest BCUT2D eigenvalue weighted by Gasteiger charge is 2.24.